The third-order valence-corrected chi connectivity index (χ3v) is 4.65. The van der Waals surface area contributed by atoms with Crippen LogP contribution in [0.25, 0.3) is 0 Å². The number of unbranched alkanes of at least 4 members (excludes halogenated alkanes) is 2. The van der Waals surface area contributed by atoms with Gasteiger partial charge in [-0.3, -0.25) is 4.98 Å². The molecule has 20 heavy (non-hydrogen) atoms. The summed E-state index contributed by atoms with van der Waals surface area (Å²) < 4.78 is 26.1. The molecule has 5 nitrogen and oxygen atoms in total. The van der Waals surface area contributed by atoms with Gasteiger partial charge in [-0.2, -0.15) is 0 Å². The average Bonchev–Trinajstić information content (AvgIpc) is 2.45. The van der Waals surface area contributed by atoms with Crippen LogP contribution in [0.5, 0.6) is 0 Å². The van der Waals surface area contributed by atoms with E-state index < -0.39 is 10.0 Å². The first kappa shape index (κ1) is 16.6. The first-order valence-corrected chi connectivity index (χ1v) is 8.06. The highest BCUT2D eigenvalue weighted by Gasteiger charge is 2.20. The van der Waals surface area contributed by atoms with E-state index >= 15 is 0 Å². The molecule has 0 aromatic carbocycles. The SMILES string of the molecule is CCCCCN(C)S(=O)(=O)c1cncc(C#CCN)c1. The molecule has 1 aromatic heterocycles. The molecule has 0 spiro atoms. The van der Waals surface area contributed by atoms with Gasteiger partial charge in [-0.1, -0.05) is 31.6 Å². The fourth-order valence-corrected chi connectivity index (χ4v) is 2.87. The fraction of sp³-hybridized carbons (Fsp3) is 0.500. The molecule has 1 rings (SSSR count). The van der Waals surface area contributed by atoms with E-state index in [1.54, 1.807) is 7.05 Å². The van der Waals surface area contributed by atoms with Crippen molar-refractivity contribution in [3.63, 3.8) is 0 Å². The minimum atomic E-state index is -3.50. The predicted molar refractivity (Wildman–Crippen MR) is 79.5 cm³/mol. The van der Waals surface area contributed by atoms with Gasteiger partial charge in [0.15, 0.2) is 0 Å². The molecular weight excluding hydrogens is 274 g/mol. The molecule has 110 valence electrons. The molecule has 2 N–H and O–H groups in total. The molecule has 0 unspecified atom stereocenters. The summed E-state index contributed by atoms with van der Waals surface area (Å²) in [5, 5.41) is 0. The van der Waals surface area contributed by atoms with Crippen LogP contribution in [0.1, 0.15) is 31.7 Å². The Balaban J connectivity index is 2.91. The van der Waals surface area contributed by atoms with E-state index in [1.165, 1.54) is 22.8 Å². The molecule has 0 amide bonds. The van der Waals surface area contributed by atoms with Gasteiger partial charge < -0.3 is 5.73 Å². The van der Waals surface area contributed by atoms with Crippen LogP contribution in [0.2, 0.25) is 0 Å². The van der Waals surface area contributed by atoms with E-state index in [0.717, 1.165) is 19.3 Å². The van der Waals surface area contributed by atoms with E-state index in [-0.39, 0.29) is 11.4 Å². The van der Waals surface area contributed by atoms with Gasteiger partial charge in [0.1, 0.15) is 4.90 Å². The fourth-order valence-electron chi connectivity index (χ4n) is 1.67. The zero-order valence-electron chi connectivity index (χ0n) is 12.0. The van der Waals surface area contributed by atoms with Crippen molar-refractivity contribution >= 4 is 10.0 Å². The maximum atomic E-state index is 12.4. The lowest BCUT2D eigenvalue weighted by atomic mass is 10.2. The molecule has 0 radical (unpaired) electrons. The molecule has 0 fully saturated rings. The lowest BCUT2D eigenvalue weighted by Crippen LogP contribution is -2.28. The van der Waals surface area contributed by atoms with Crippen LogP contribution in [-0.2, 0) is 10.0 Å². The summed E-state index contributed by atoms with van der Waals surface area (Å²) in [6, 6.07) is 1.53. The van der Waals surface area contributed by atoms with Crippen molar-refractivity contribution in [2.45, 2.75) is 31.1 Å². The standard InChI is InChI=1S/C14H21N3O2S/c1-3-4-5-9-17(2)20(18,19)14-10-13(7-6-8-15)11-16-12-14/h10-12H,3-5,8-9,15H2,1-2H3. The van der Waals surface area contributed by atoms with Crippen molar-refractivity contribution in [3.05, 3.63) is 24.0 Å². The predicted octanol–water partition coefficient (Wildman–Crippen LogP) is 1.20. The van der Waals surface area contributed by atoms with Crippen LogP contribution in [0, 0.1) is 11.8 Å². The molecule has 0 aliphatic carbocycles. The van der Waals surface area contributed by atoms with Gasteiger partial charge in [0.05, 0.1) is 6.54 Å². The van der Waals surface area contributed by atoms with E-state index in [1.807, 2.05) is 0 Å². The minimum absolute atomic E-state index is 0.167. The molecular formula is C14H21N3O2S. The molecule has 0 saturated carbocycles. The number of aromatic nitrogens is 1. The monoisotopic (exact) mass is 295 g/mol. The van der Waals surface area contributed by atoms with Crippen LogP contribution >= 0.6 is 0 Å². The number of pyridine rings is 1. The average molecular weight is 295 g/mol. The maximum Gasteiger partial charge on any atom is 0.244 e. The van der Waals surface area contributed by atoms with Crippen molar-refractivity contribution in [1.82, 2.24) is 9.29 Å². The molecule has 0 aliphatic rings. The van der Waals surface area contributed by atoms with Gasteiger partial charge in [-0.05, 0) is 12.5 Å². The van der Waals surface area contributed by atoms with Crippen molar-refractivity contribution < 1.29 is 8.42 Å². The highest BCUT2D eigenvalue weighted by atomic mass is 32.2. The molecule has 0 bridgehead atoms. The highest BCUT2D eigenvalue weighted by molar-refractivity contribution is 7.89. The van der Waals surface area contributed by atoms with E-state index in [0.29, 0.717) is 12.1 Å². The number of nitrogens with two attached hydrogens (primary N) is 1. The van der Waals surface area contributed by atoms with Crippen molar-refractivity contribution in [2.75, 3.05) is 20.1 Å². The molecule has 1 heterocycles. The number of nitrogens with zero attached hydrogens (tertiary/aromatic N) is 2. The van der Waals surface area contributed by atoms with Crippen molar-refractivity contribution in [3.8, 4) is 11.8 Å². The summed E-state index contributed by atoms with van der Waals surface area (Å²) in [5.41, 5.74) is 5.85. The van der Waals surface area contributed by atoms with Crippen LogP contribution in [-0.4, -0.2) is 37.8 Å². The summed E-state index contributed by atoms with van der Waals surface area (Å²) >= 11 is 0. The minimum Gasteiger partial charge on any atom is -0.320 e. The maximum absolute atomic E-state index is 12.4. The Bertz CT molecular complexity index is 588. The lowest BCUT2D eigenvalue weighted by molar-refractivity contribution is 0.454. The Labute approximate surface area is 121 Å². The smallest absolute Gasteiger partial charge is 0.244 e. The summed E-state index contributed by atoms with van der Waals surface area (Å²) in [7, 11) is -1.91. The molecule has 6 heteroatoms. The summed E-state index contributed by atoms with van der Waals surface area (Å²) in [6.45, 7) is 2.82. The third-order valence-electron chi connectivity index (χ3n) is 2.83. The van der Waals surface area contributed by atoms with Crippen LogP contribution in [0.3, 0.4) is 0 Å². The Morgan fingerprint density at radius 1 is 1.35 bits per heavy atom. The number of hydrogen-bond acceptors (Lipinski definition) is 4. The Kier molecular flexibility index (Phi) is 6.65. The van der Waals surface area contributed by atoms with Gasteiger partial charge in [-0.15, -0.1) is 0 Å². The van der Waals surface area contributed by atoms with Gasteiger partial charge in [0.25, 0.3) is 0 Å². The number of sulfonamides is 1. The number of rotatable bonds is 6. The highest BCUT2D eigenvalue weighted by Crippen LogP contribution is 2.15. The lowest BCUT2D eigenvalue weighted by Gasteiger charge is -2.16. The molecule has 0 aliphatic heterocycles. The van der Waals surface area contributed by atoms with Crippen molar-refractivity contribution in [1.29, 1.82) is 0 Å². The Morgan fingerprint density at radius 2 is 2.10 bits per heavy atom. The van der Waals surface area contributed by atoms with Gasteiger partial charge in [-0.25, -0.2) is 12.7 Å². The Morgan fingerprint density at radius 3 is 2.75 bits per heavy atom. The second kappa shape index (κ2) is 8.00. The molecule has 0 saturated heterocycles. The van der Waals surface area contributed by atoms with Crippen LogP contribution < -0.4 is 5.73 Å². The summed E-state index contributed by atoms with van der Waals surface area (Å²) in [4.78, 5) is 4.10. The van der Waals surface area contributed by atoms with Gasteiger partial charge in [0.2, 0.25) is 10.0 Å². The largest absolute Gasteiger partial charge is 0.320 e. The van der Waals surface area contributed by atoms with E-state index in [9.17, 15) is 8.42 Å². The first-order chi connectivity index (χ1) is 9.52. The van der Waals surface area contributed by atoms with E-state index in [2.05, 4.69) is 23.7 Å². The van der Waals surface area contributed by atoms with Gasteiger partial charge in [0, 0.05) is 31.5 Å². The number of hydrogen-bond donors (Lipinski definition) is 1. The summed E-state index contributed by atoms with van der Waals surface area (Å²) in [6.07, 6.45) is 5.80. The van der Waals surface area contributed by atoms with E-state index in [4.69, 9.17) is 5.73 Å². The second-order valence-corrected chi connectivity index (χ2v) is 6.49. The zero-order valence-corrected chi connectivity index (χ0v) is 12.8. The molecule has 1 aromatic rings. The quantitative estimate of drug-likeness (QED) is 0.632. The normalized spacial score (nSPS) is 11.2. The first-order valence-electron chi connectivity index (χ1n) is 6.62. The summed E-state index contributed by atoms with van der Waals surface area (Å²) in [5.74, 6) is 5.47. The van der Waals surface area contributed by atoms with Crippen molar-refractivity contribution in [2.24, 2.45) is 5.73 Å². The second-order valence-electron chi connectivity index (χ2n) is 4.45. The zero-order chi connectivity index (χ0) is 15.0. The van der Waals surface area contributed by atoms with Gasteiger partial charge >= 0.3 is 0 Å². The topological polar surface area (TPSA) is 76.3 Å². The third kappa shape index (κ3) is 4.60. The Hall–Kier alpha value is -1.42. The molecule has 0 atom stereocenters. The van der Waals surface area contributed by atoms with Crippen LogP contribution in [0.4, 0.5) is 0 Å². The van der Waals surface area contributed by atoms with Crippen LogP contribution in [0.15, 0.2) is 23.4 Å².